The van der Waals surface area contributed by atoms with Gasteiger partial charge in [0.15, 0.2) is 0 Å². The number of nitrogens with zero attached hydrogens (tertiary/aromatic N) is 1. The number of benzene rings is 2. The lowest BCUT2D eigenvalue weighted by Crippen LogP contribution is -2.18. The summed E-state index contributed by atoms with van der Waals surface area (Å²) in [4.78, 5) is 16.2. The summed E-state index contributed by atoms with van der Waals surface area (Å²) in [5.74, 6) is -0.211. The van der Waals surface area contributed by atoms with Crippen LogP contribution in [0.25, 0.3) is 0 Å². The number of carbonyl (C=O) groups excluding carboxylic acids is 1. The minimum atomic E-state index is -0.211. The fraction of sp³-hybridized carbons (Fsp3) is 0.143. The topological polar surface area (TPSA) is 54.0 Å². The number of halogens is 1. The molecule has 0 aliphatic rings. The minimum Gasteiger partial charge on any atom is -0.321 e. The van der Waals surface area contributed by atoms with Crippen LogP contribution < -0.4 is 10.6 Å². The van der Waals surface area contributed by atoms with E-state index in [9.17, 15) is 4.79 Å². The van der Waals surface area contributed by atoms with E-state index in [1.807, 2.05) is 30.3 Å². The van der Waals surface area contributed by atoms with E-state index < -0.39 is 0 Å². The third-order valence-electron chi connectivity index (χ3n) is 4.13. The van der Waals surface area contributed by atoms with Gasteiger partial charge in [-0.25, -0.2) is 0 Å². The molecule has 0 aliphatic carbocycles. The SMILES string of the molecule is CC(NCc1ccc(Cl)c(NC(=O)c2ccncc2)c1)c1ccccc1. The molecular weight excluding hydrogens is 346 g/mol. The normalized spacial score (nSPS) is 11.8. The second kappa shape index (κ2) is 8.61. The molecule has 26 heavy (non-hydrogen) atoms. The van der Waals surface area contributed by atoms with Crippen molar-refractivity contribution < 1.29 is 4.79 Å². The number of hydrogen-bond acceptors (Lipinski definition) is 3. The molecular formula is C21H20ClN3O. The van der Waals surface area contributed by atoms with Crippen LogP contribution in [-0.2, 0) is 6.54 Å². The van der Waals surface area contributed by atoms with Crippen molar-refractivity contribution in [3.63, 3.8) is 0 Å². The first-order chi connectivity index (χ1) is 12.6. The Morgan fingerprint density at radius 2 is 1.81 bits per heavy atom. The van der Waals surface area contributed by atoms with E-state index >= 15 is 0 Å². The molecule has 0 bridgehead atoms. The number of hydrogen-bond donors (Lipinski definition) is 2. The summed E-state index contributed by atoms with van der Waals surface area (Å²) < 4.78 is 0. The van der Waals surface area contributed by atoms with Crippen molar-refractivity contribution in [1.29, 1.82) is 0 Å². The molecule has 4 nitrogen and oxygen atoms in total. The molecule has 0 spiro atoms. The molecule has 0 radical (unpaired) electrons. The highest BCUT2D eigenvalue weighted by molar-refractivity contribution is 6.34. The van der Waals surface area contributed by atoms with Crippen molar-refractivity contribution in [2.45, 2.75) is 19.5 Å². The second-order valence-electron chi connectivity index (χ2n) is 6.02. The molecule has 3 aromatic rings. The maximum absolute atomic E-state index is 12.3. The molecule has 0 saturated carbocycles. The van der Waals surface area contributed by atoms with Crippen LogP contribution in [0, 0.1) is 0 Å². The Kier molecular flexibility index (Phi) is 6.00. The number of rotatable bonds is 6. The fourth-order valence-electron chi connectivity index (χ4n) is 2.61. The zero-order chi connectivity index (χ0) is 18.4. The van der Waals surface area contributed by atoms with Gasteiger partial charge < -0.3 is 10.6 Å². The molecule has 1 atom stereocenters. The standard InChI is InChI=1S/C21H20ClN3O/c1-15(17-5-3-2-4-6-17)24-14-16-7-8-19(22)20(13-16)25-21(26)18-9-11-23-12-10-18/h2-13,15,24H,14H2,1H3,(H,25,26). The van der Waals surface area contributed by atoms with E-state index in [2.05, 4.69) is 34.7 Å². The Bertz CT molecular complexity index is 869. The molecule has 2 N–H and O–H groups in total. The first kappa shape index (κ1) is 18.1. The summed E-state index contributed by atoms with van der Waals surface area (Å²) in [5, 5.41) is 6.85. The molecule has 1 aromatic heterocycles. The highest BCUT2D eigenvalue weighted by Crippen LogP contribution is 2.24. The molecule has 0 aliphatic heterocycles. The van der Waals surface area contributed by atoms with Gasteiger partial charge in [-0.3, -0.25) is 9.78 Å². The van der Waals surface area contributed by atoms with Crippen molar-refractivity contribution >= 4 is 23.2 Å². The molecule has 0 saturated heterocycles. The van der Waals surface area contributed by atoms with Gasteiger partial charge in [-0.1, -0.05) is 48.0 Å². The smallest absolute Gasteiger partial charge is 0.255 e. The van der Waals surface area contributed by atoms with Crippen molar-refractivity contribution in [2.75, 3.05) is 5.32 Å². The van der Waals surface area contributed by atoms with Gasteiger partial charge in [-0.2, -0.15) is 0 Å². The Morgan fingerprint density at radius 3 is 2.54 bits per heavy atom. The Balaban J connectivity index is 1.67. The van der Waals surface area contributed by atoms with Gasteiger partial charge in [0.2, 0.25) is 0 Å². The zero-order valence-electron chi connectivity index (χ0n) is 14.4. The van der Waals surface area contributed by atoms with Gasteiger partial charge in [0.05, 0.1) is 10.7 Å². The molecule has 1 unspecified atom stereocenters. The van der Waals surface area contributed by atoms with Crippen molar-refractivity contribution in [1.82, 2.24) is 10.3 Å². The molecule has 132 valence electrons. The van der Waals surface area contributed by atoms with Crippen molar-refractivity contribution in [3.8, 4) is 0 Å². The van der Waals surface area contributed by atoms with Gasteiger partial charge >= 0.3 is 0 Å². The van der Waals surface area contributed by atoms with E-state index in [0.29, 0.717) is 22.8 Å². The van der Waals surface area contributed by atoms with Crippen molar-refractivity contribution in [3.05, 3.63) is 94.8 Å². The number of amides is 1. The van der Waals surface area contributed by atoms with Gasteiger partial charge in [-0.15, -0.1) is 0 Å². The molecule has 3 rings (SSSR count). The van der Waals surface area contributed by atoms with Crippen LogP contribution in [0.2, 0.25) is 5.02 Å². The monoisotopic (exact) mass is 365 g/mol. The third-order valence-corrected chi connectivity index (χ3v) is 4.46. The first-order valence-corrected chi connectivity index (χ1v) is 8.79. The highest BCUT2D eigenvalue weighted by atomic mass is 35.5. The summed E-state index contributed by atoms with van der Waals surface area (Å²) in [6, 6.07) is 19.5. The molecule has 2 aromatic carbocycles. The average Bonchev–Trinajstić information content (AvgIpc) is 2.69. The fourth-order valence-corrected chi connectivity index (χ4v) is 2.77. The van der Waals surface area contributed by atoms with Crippen LogP contribution in [0.1, 0.15) is 34.5 Å². The van der Waals surface area contributed by atoms with E-state index in [1.54, 1.807) is 30.6 Å². The van der Waals surface area contributed by atoms with Crippen LogP contribution in [0.15, 0.2) is 73.1 Å². The van der Waals surface area contributed by atoms with Gasteiger partial charge in [-0.05, 0) is 42.3 Å². The first-order valence-electron chi connectivity index (χ1n) is 8.41. The Morgan fingerprint density at radius 1 is 1.08 bits per heavy atom. The van der Waals surface area contributed by atoms with Crippen LogP contribution in [0.4, 0.5) is 5.69 Å². The van der Waals surface area contributed by atoms with Gasteiger partial charge in [0.25, 0.3) is 5.91 Å². The predicted molar refractivity (Wildman–Crippen MR) is 105 cm³/mol. The van der Waals surface area contributed by atoms with E-state index in [4.69, 9.17) is 11.6 Å². The highest BCUT2D eigenvalue weighted by Gasteiger charge is 2.10. The van der Waals surface area contributed by atoms with Crippen molar-refractivity contribution in [2.24, 2.45) is 0 Å². The third kappa shape index (κ3) is 4.69. The lowest BCUT2D eigenvalue weighted by atomic mass is 10.1. The summed E-state index contributed by atoms with van der Waals surface area (Å²) in [7, 11) is 0. The molecule has 1 amide bonds. The summed E-state index contributed by atoms with van der Waals surface area (Å²) in [5.41, 5.74) is 3.41. The lowest BCUT2D eigenvalue weighted by Gasteiger charge is -2.15. The van der Waals surface area contributed by atoms with Crippen LogP contribution in [0.5, 0.6) is 0 Å². The van der Waals surface area contributed by atoms with E-state index in [1.165, 1.54) is 5.56 Å². The van der Waals surface area contributed by atoms with Gasteiger partial charge in [0, 0.05) is 30.5 Å². The van der Waals surface area contributed by atoms with Crippen LogP contribution >= 0.6 is 11.6 Å². The number of carbonyl (C=O) groups is 1. The maximum Gasteiger partial charge on any atom is 0.255 e. The summed E-state index contributed by atoms with van der Waals surface area (Å²) in [6.45, 7) is 2.79. The largest absolute Gasteiger partial charge is 0.321 e. The maximum atomic E-state index is 12.3. The predicted octanol–water partition coefficient (Wildman–Crippen LogP) is 4.84. The van der Waals surface area contributed by atoms with Crippen LogP contribution in [-0.4, -0.2) is 10.9 Å². The van der Waals surface area contributed by atoms with E-state index in [0.717, 1.165) is 5.56 Å². The Labute approximate surface area is 158 Å². The van der Waals surface area contributed by atoms with E-state index in [-0.39, 0.29) is 11.9 Å². The van der Waals surface area contributed by atoms with Crippen LogP contribution in [0.3, 0.4) is 0 Å². The average molecular weight is 366 g/mol. The molecule has 0 fully saturated rings. The van der Waals surface area contributed by atoms with Gasteiger partial charge in [0.1, 0.15) is 0 Å². The zero-order valence-corrected chi connectivity index (χ0v) is 15.2. The number of pyridine rings is 1. The number of anilines is 1. The lowest BCUT2D eigenvalue weighted by molar-refractivity contribution is 0.102. The second-order valence-corrected chi connectivity index (χ2v) is 6.42. The number of aromatic nitrogens is 1. The molecule has 1 heterocycles. The quantitative estimate of drug-likeness (QED) is 0.657. The summed E-state index contributed by atoms with van der Waals surface area (Å²) in [6.07, 6.45) is 3.17. The molecule has 5 heteroatoms. The summed E-state index contributed by atoms with van der Waals surface area (Å²) >= 11 is 6.24. The number of nitrogens with one attached hydrogen (secondary N) is 2. The Hall–Kier alpha value is -2.69. The minimum absolute atomic E-state index is 0.211.